The summed E-state index contributed by atoms with van der Waals surface area (Å²) < 4.78 is 11.0. The first kappa shape index (κ1) is 20.1. The number of aryl methyl sites for hydroxylation is 2. The minimum Gasteiger partial charge on any atom is -0.481 e. The Morgan fingerprint density at radius 3 is 2.17 bits per heavy atom. The summed E-state index contributed by atoms with van der Waals surface area (Å²) in [7, 11) is 0. The molecule has 0 aliphatic heterocycles. The van der Waals surface area contributed by atoms with Crippen LogP contribution < -0.4 is 14.8 Å². The SMILES string of the molecule is Cc1ccc(C)c(OCC(=O)Oc2ccc(C(=O)Nc3ccccc3)cc2)c1C. The van der Waals surface area contributed by atoms with E-state index in [0.717, 1.165) is 16.7 Å². The van der Waals surface area contributed by atoms with Crippen LogP contribution in [0, 0.1) is 20.8 Å². The zero-order valence-corrected chi connectivity index (χ0v) is 16.7. The van der Waals surface area contributed by atoms with E-state index < -0.39 is 5.97 Å². The van der Waals surface area contributed by atoms with Crippen molar-refractivity contribution in [1.82, 2.24) is 0 Å². The lowest BCUT2D eigenvalue weighted by atomic mass is 10.1. The van der Waals surface area contributed by atoms with Crippen LogP contribution in [-0.2, 0) is 4.79 Å². The minimum absolute atomic E-state index is 0.193. The largest absolute Gasteiger partial charge is 0.481 e. The van der Waals surface area contributed by atoms with E-state index in [1.54, 1.807) is 24.3 Å². The van der Waals surface area contributed by atoms with E-state index >= 15 is 0 Å². The highest BCUT2D eigenvalue weighted by Gasteiger charge is 2.12. The summed E-state index contributed by atoms with van der Waals surface area (Å²) in [6, 6.07) is 19.6. The minimum atomic E-state index is -0.508. The van der Waals surface area contributed by atoms with Crippen molar-refractivity contribution in [2.45, 2.75) is 20.8 Å². The second kappa shape index (κ2) is 9.06. The molecule has 3 aromatic carbocycles. The first-order valence-corrected chi connectivity index (χ1v) is 9.31. The third kappa shape index (κ3) is 5.23. The van der Waals surface area contributed by atoms with Gasteiger partial charge in [-0.2, -0.15) is 0 Å². The molecule has 0 atom stereocenters. The average molecular weight is 389 g/mol. The summed E-state index contributed by atoms with van der Waals surface area (Å²) in [4.78, 5) is 24.4. The van der Waals surface area contributed by atoms with Crippen LogP contribution >= 0.6 is 0 Å². The zero-order chi connectivity index (χ0) is 20.8. The van der Waals surface area contributed by atoms with E-state index in [2.05, 4.69) is 5.32 Å². The number of esters is 1. The lowest BCUT2D eigenvalue weighted by Gasteiger charge is -2.13. The second-order valence-electron chi connectivity index (χ2n) is 6.76. The van der Waals surface area contributed by atoms with Crippen molar-refractivity contribution >= 4 is 17.6 Å². The van der Waals surface area contributed by atoms with E-state index in [9.17, 15) is 9.59 Å². The quantitative estimate of drug-likeness (QED) is 0.484. The van der Waals surface area contributed by atoms with Gasteiger partial charge in [0.25, 0.3) is 5.91 Å². The number of anilines is 1. The Balaban J connectivity index is 1.56. The first-order valence-electron chi connectivity index (χ1n) is 9.31. The standard InChI is InChI=1S/C24H23NO4/c1-16-9-10-17(2)23(18(16)3)28-15-22(26)29-21-13-11-19(12-14-21)24(27)25-20-7-5-4-6-8-20/h4-14H,15H2,1-3H3,(H,25,27). The van der Waals surface area contributed by atoms with Gasteiger partial charge in [-0.15, -0.1) is 0 Å². The summed E-state index contributed by atoms with van der Waals surface area (Å²) in [6.07, 6.45) is 0. The molecule has 29 heavy (non-hydrogen) atoms. The van der Waals surface area contributed by atoms with Gasteiger partial charge < -0.3 is 14.8 Å². The van der Waals surface area contributed by atoms with Gasteiger partial charge in [0.2, 0.25) is 0 Å². The highest BCUT2D eigenvalue weighted by Crippen LogP contribution is 2.25. The Kier molecular flexibility index (Phi) is 6.29. The summed E-state index contributed by atoms with van der Waals surface area (Å²) in [5.41, 5.74) is 4.26. The molecule has 3 aromatic rings. The van der Waals surface area contributed by atoms with Crippen LogP contribution in [0.3, 0.4) is 0 Å². The van der Waals surface area contributed by atoms with Gasteiger partial charge in [-0.25, -0.2) is 4.79 Å². The van der Waals surface area contributed by atoms with Crippen LogP contribution in [0.1, 0.15) is 27.0 Å². The van der Waals surface area contributed by atoms with Crippen molar-refractivity contribution in [3.8, 4) is 11.5 Å². The van der Waals surface area contributed by atoms with Crippen LogP contribution in [0.2, 0.25) is 0 Å². The molecule has 0 unspecified atom stereocenters. The smallest absolute Gasteiger partial charge is 0.349 e. The summed E-state index contributed by atoms with van der Waals surface area (Å²) >= 11 is 0. The van der Waals surface area contributed by atoms with Crippen LogP contribution in [0.25, 0.3) is 0 Å². The number of para-hydroxylation sites is 1. The van der Waals surface area contributed by atoms with Gasteiger partial charge in [0.15, 0.2) is 6.61 Å². The molecule has 0 radical (unpaired) electrons. The van der Waals surface area contributed by atoms with E-state index in [1.807, 2.05) is 63.2 Å². The molecular weight excluding hydrogens is 366 g/mol. The maximum Gasteiger partial charge on any atom is 0.349 e. The van der Waals surface area contributed by atoms with Crippen molar-refractivity contribution < 1.29 is 19.1 Å². The van der Waals surface area contributed by atoms with Crippen molar-refractivity contribution in [2.75, 3.05) is 11.9 Å². The molecule has 3 rings (SSSR count). The van der Waals surface area contributed by atoms with E-state index in [4.69, 9.17) is 9.47 Å². The summed E-state index contributed by atoms with van der Waals surface area (Å²) in [5, 5.41) is 2.81. The fraction of sp³-hybridized carbons (Fsp3) is 0.167. The molecule has 0 saturated carbocycles. The monoisotopic (exact) mass is 389 g/mol. The third-order valence-corrected chi connectivity index (χ3v) is 4.59. The molecular formula is C24H23NO4. The molecule has 0 saturated heterocycles. The van der Waals surface area contributed by atoms with Gasteiger partial charge in [-0.3, -0.25) is 4.79 Å². The number of ether oxygens (including phenoxy) is 2. The lowest BCUT2D eigenvalue weighted by Crippen LogP contribution is -2.18. The molecule has 1 N–H and O–H groups in total. The predicted octanol–water partition coefficient (Wildman–Crippen LogP) is 4.85. The molecule has 0 aromatic heterocycles. The molecule has 5 nitrogen and oxygen atoms in total. The second-order valence-corrected chi connectivity index (χ2v) is 6.76. The molecule has 0 bridgehead atoms. The number of carbonyl (C=O) groups excluding carboxylic acids is 2. The van der Waals surface area contributed by atoms with Crippen LogP contribution in [0.15, 0.2) is 66.7 Å². The Morgan fingerprint density at radius 1 is 0.828 bits per heavy atom. The molecule has 148 valence electrons. The number of nitrogens with one attached hydrogen (secondary N) is 1. The van der Waals surface area contributed by atoms with Gasteiger partial charge in [0, 0.05) is 11.3 Å². The fourth-order valence-corrected chi connectivity index (χ4v) is 2.84. The van der Waals surface area contributed by atoms with E-state index in [0.29, 0.717) is 22.7 Å². The van der Waals surface area contributed by atoms with Crippen molar-refractivity contribution in [3.63, 3.8) is 0 Å². The van der Waals surface area contributed by atoms with E-state index in [1.165, 1.54) is 0 Å². The Labute approximate surface area is 170 Å². The maximum atomic E-state index is 12.3. The number of hydrogen-bond acceptors (Lipinski definition) is 4. The number of hydrogen-bond donors (Lipinski definition) is 1. The van der Waals surface area contributed by atoms with Gasteiger partial charge in [-0.05, 0) is 73.9 Å². The molecule has 0 spiro atoms. The molecule has 0 aliphatic carbocycles. The molecule has 0 heterocycles. The fourth-order valence-electron chi connectivity index (χ4n) is 2.84. The maximum absolute atomic E-state index is 12.3. The molecule has 5 heteroatoms. The van der Waals surface area contributed by atoms with Crippen molar-refractivity contribution in [3.05, 3.63) is 89.0 Å². The number of carbonyl (C=O) groups is 2. The van der Waals surface area contributed by atoms with Gasteiger partial charge in [0.05, 0.1) is 0 Å². The zero-order valence-electron chi connectivity index (χ0n) is 16.7. The first-order chi connectivity index (χ1) is 13.9. The Morgan fingerprint density at radius 2 is 1.48 bits per heavy atom. The lowest BCUT2D eigenvalue weighted by molar-refractivity contribution is -0.136. The molecule has 1 amide bonds. The number of amides is 1. The highest BCUT2D eigenvalue weighted by atomic mass is 16.6. The topological polar surface area (TPSA) is 64.6 Å². The normalized spacial score (nSPS) is 10.3. The van der Waals surface area contributed by atoms with E-state index in [-0.39, 0.29) is 12.5 Å². The van der Waals surface area contributed by atoms with Crippen LogP contribution in [0.4, 0.5) is 5.69 Å². The van der Waals surface area contributed by atoms with Crippen LogP contribution in [-0.4, -0.2) is 18.5 Å². The van der Waals surface area contributed by atoms with Gasteiger partial charge in [0.1, 0.15) is 11.5 Å². The van der Waals surface area contributed by atoms with Crippen molar-refractivity contribution in [2.24, 2.45) is 0 Å². The number of rotatable bonds is 6. The highest BCUT2D eigenvalue weighted by molar-refractivity contribution is 6.04. The third-order valence-electron chi connectivity index (χ3n) is 4.59. The van der Waals surface area contributed by atoms with Crippen LogP contribution in [0.5, 0.6) is 11.5 Å². The number of benzene rings is 3. The Bertz CT molecular complexity index is 1010. The summed E-state index contributed by atoms with van der Waals surface area (Å²) in [5.74, 6) is 0.317. The average Bonchev–Trinajstić information content (AvgIpc) is 2.72. The molecule has 0 fully saturated rings. The van der Waals surface area contributed by atoms with Gasteiger partial charge >= 0.3 is 5.97 Å². The summed E-state index contributed by atoms with van der Waals surface area (Å²) in [6.45, 7) is 5.70. The van der Waals surface area contributed by atoms with Crippen molar-refractivity contribution in [1.29, 1.82) is 0 Å². The predicted molar refractivity (Wildman–Crippen MR) is 113 cm³/mol. The molecule has 0 aliphatic rings. The Hall–Kier alpha value is -3.60. The van der Waals surface area contributed by atoms with Gasteiger partial charge in [-0.1, -0.05) is 30.3 Å².